The number of hydrogen-bond acceptors (Lipinski definition) is 4. The number of rotatable bonds is 5. The molecule has 1 aliphatic heterocycles. The van der Waals surface area contributed by atoms with Crippen molar-refractivity contribution >= 4 is 40.1 Å². The number of aromatic nitrogens is 2. The van der Waals surface area contributed by atoms with Crippen molar-refractivity contribution < 1.29 is 9.59 Å². The minimum atomic E-state index is -0.594. The summed E-state index contributed by atoms with van der Waals surface area (Å²) in [5.74, 6) is -0.279. The van der Waals surface area contributed by atoms with Crippen LogP contribution in [0.5, 0.6) is 0 Å². The number of H-pyrrole nitrogens is 1. The highest BCUT2D eigenvalue weighted by Crippen LogP contribution is 2.36. The van der Waals surface area contributed by atoms with Gasteiger partial charge in [-0.1, -0.05) is 44.5 Å². The fraction of sp³-hybridized carbons (Fsp3) is 0.375. The van der Waals surface area contributed by atoms with Gasteiger partial charge in [0.05, 0.1) is 11.1 Å². The Morgan fingerprint density at radius 2 is 2.09 bits per heavy atom. The maximum absolute atomic E-state index is 12.9. The molecule has 0 bridgehead atoms. The molecule has 32 heavy (non-hydrogen) atoms. The average molecular weight is 454 g/mol. The van der Waals surface area contributed by atoms with Crippen molar-refractivity contribution in [2.24, 2.45) is 11.7 Å². The van der Waals surface area contributed by atoms with Gasteiger partial charge in [0.2, 0.25) is 11.8 Å². The number of nitrogens with zero attached hydrogens (tertiary/aromatic N) is 3. The van der Waals surface area contributed by atoms with Gasteiger partial charge < -0.3 is 20.5 Å². The largest absolute Gasteiger partial charge is 0.346 e. The van der Waals surface area contributed by atoms with Crippen molar-refractivity contribution in [2.75, 3.05) is 24.5 Å². The molecule has 0 aliphatic carbocycles. The van der Waals surface area contributed by atoms with Crippen molar-refractivity contribution in [1.82, 2.24) is 14.9 Å². The van der Waals surface area contributed by atoms with Crippen LogP contribution in [0, 0.1) is 5.92 Å². The van der Waals surface area contributed by atoms with Gasteiger partial charge in [-0.2, -0.15) is 0 Å². The molecule has 3 aromatic rings. The lowest BCUT2D eigenvalue weighted by Crippen LogP contribution is -2.56. The number of carbonyl (C=O) groups excluding carboxylic acids is 2. The third-order valence-electron chi connectivity index (χ3n) is 6.11. The number of nitrogens with one attached hydrogen (secondary N) is 1. The standard InChI is InChI=1S/C24H28ClN5O2/c1-4-15-11-27-23-20(15)21(25)18(12-28-23)16-6-5-7-17(10-16)30-9-8-29(13-19(30)31)24(32)22(26)14(2)3/h5-7,10-12,14,22H,4,8-9,13,26H2,1-3H3,(H,27,28)/t22-/m0/s1. The van der Waals surface area contributed by atoms with E-state index in [-0.39, 0.29) is 24.3 Å². The number of aromatic amines is 1. The van der Waals surface area contributed by atoms with Crippen LogP contribution in [0.4, 0.5) is 5.69 Å². The second-order valence-electron chi connectivity index (χ2n) is 8.50. The molecular weight excluding hydrogens is 426 g/mol. The highest BCUT2D eigenvalue weighted by Gasteiger charge is 2.31. The van der Waals surface area contributed by atoms with E-state index >= 15 is 0 Å². The summed E-state index contributed by atoms with van der Waals surface area (Å²) in [6, 6.07) is 7.11. The number of fused-ring (bicyclic) bond motifs is 1. The fourth-order valence-electron chi connectivity index (χ4n) is 4.07. The number of pyridine rings is 1. The topological polar surface area (TPSA) is 95.3 Å². The first-order chi connectivity index (χ1) is 15.3. The Labute approximate surface area is 192 Å². The third kappa shape index (κ3) is 3.98. The smallest absolute Gasteiger partial charge is 0.246 e. The van der Waals surface area contributed by atoms with E-state index in [1.54, 1.807) is 16.0 Å². The van der Waals surface area contributed by atoms with E-state index in [0.29, 0.717) is 18.1 Å². The zero-order valence-electron chi connectivity index (χ0n) is 18.6. The molecule has 0 unspecified atom stereocenters. The monoisotopic (exact) mass is 453 g/mol. The summed E-state index contributed by atoms with van der Waals surface area (Å²) >= 11 is 6.78. The lowest BCUT2D eigenvalue weighted by molar-refractivity contribution is -0.138. The SMILES string of the molecule is CCc1c[nH]c2ncc(-c3cccc(N4CCN(C(=O)[C@@H](N)C(C)C)CC4=O)c3)c(Cl)c12. The number of aryl methyl sites for hydroxylation is 1. The van der Waals surface area contributed by atoms with Crippen LogP contribution in [0.15, 0.2) is 36.7 Å². The summed E-state index contributed by atoms with van der Waals surface area (Å²) in [6.45, 7) is 6.78. The lowest BCUT2D eigenvalue weighted by atomic mass is 10.0. The van der Waals surface area contributed by atoms with E-state index in [4.69, 9.17) is 17.3 Å². The number of anilines is 1. The van der Waals surface area contributed by atoms with Gasteiger partial charge in [-0.3, -0.25) is 9.59 Å². The number of piperazine rings is 1. The number of hydrogen-bond donors (Lipinski definition) is 2. The molecule has 3 heterocycles. The van der Waals surface area contributed by atoms with E-state index in [1.165, 1.54) is 0 Å². The maximum atomic E-state index is 12.9. The molecule has 2 aromatic heterocycles. The Hall–Kier alpha value is -2.90. The number of carbonyl (C=O) groups is 2. The molecule has 8 heteroatoms. The molecule has 0 saturated carbocycles. The summed E-state index contributed by atoms with van der Waals surface area (Å²) in [5.41, 5.74) is 10.4. The van der Waals surface area contributed by atoms with Gasteiger partial charge in [0.25, 0.3) is 0 Å². The molecule has 1 aromatic carbocycles. The van der Waals surface area contributed by atoms with Gasteiger partial charge in [0.1, 0.15) is 12.2 Å². The highest BCUT2D eigenvalue weighted by molar-refractivity contribution is 6.38. The zero-order valence-corrected chi connectivity index (χ0v) is 19.3. The van der Waals surface area contributed by atoms with Crippen molar-refractivity contribution in [3.05, 3.63) is 47.2 Å². The Kier molecular flexibility index (Phi) is 6.22. The third-order valence-corrected chi connectivity index (χ3v) is 6.50. The van der Waals surface area contributed by atoms with E-state index in [2.05, 4.69) is 16.9 Å². The quantitative estimate of drug-likeness (QED) is 0.617. The molecular formula is C24H28ClN5O2. The molecule has 7 nitrogen and oxygen atoms in total. The van der Waals surface area contributed by atoms with E-state index in [9.17, 15) is 9.59 Å². The lowest BCUT2D eigenvalue weighted by Gasteiger charge is -2.36. The van der Waals surface area contributed by atoms with Crippen molar-refractivity contribution in [2.45, 2.75) is 33.2 Å². The van der Waals surface area contributed by atoms with E-state index < -0.39 is 6.04 Å². The molecule has 1 atom stereocenters. The van der Waals surface area contributed by atoms with Crippen LogP contribution in [0.1, 0.15) is 26.3 Å². The second kappa shape index (κ2) is 8.92. The molecule has 0 spiro atoms. The van der Waals surface area contributed by atoms with Gasteiger partial charge in [-0.25, -0.2) is 4.98 Å². The van der Waals surface area contributed by atoms with Gasteiger partial charge in [-0.15, -0.1) is 0 Å². The van der Waals surface area contributed by atoms with Crippen LogP contribution in [-0.4, -0.2) is 52.4 Å². The highest BCUT2D eigenvalue weighted by atomic mass is 35.5. The van der Waals surface area contributed by atoms with Crippen LogP contribution in [0.25, 0.3) is 22.2 Å². The van der Waals surface area contributed by atoms with E-state index in [0.717, 1.165) is 39.8 Å². The summed E-state index contributed by atoms with van der Waals surface area (Å²) in [7, 11) is 0. The summed E-state index contributed by atoms with van der Waals surface area (Å²) < 4.78 is 0. The van der Waals surface area contributed by atoms with Crippen molar-refractivity contribution in [3.8, 4) is 11.1 Å². The molecule has 1 aliphatic rings. The van der Waals surface area contributed by atoms with Crippen LogP contribution in [-0.2, 0) is 16.0 Å². The van der Waals surface area contributed by atoms with Crippen LogP contribution in [0.3, 0.4) is 0 Å². The number of benzene rings is 1. The molecule has 4 rings (SSSR count). The molecule has 2 amide bonds. The maximum Gasteiger partial charge on any atom is 0.246 e. The van der Waals surface area contributed by atoms with Gasteiger partial charge in [-0.05, 0) is 35.6 Å². The summed E-state index contributed by atoms with van der Waals surface area (Å²) in [4.78, 5) is 36.4. The second-order valence-corrected chi connectivity index (χ2v) is 8.88. The Bertz CT molecular complexity index is 1170. The summed E-state index contributed by atoms with van der Waals surface area (Å²) in [5, 5.41) is 1.58. The predicted octanol–water partition coefficient (Wildman–Crippen LogP) is 3.60. The number of amides is 2. The molecule has 0 radical (unpaired) electrons. The number of nitrogens with two attached hydrogens (primary N) is 1. The van der Waals surface area contributed by atoms with Gasteiger partial charge in [0, 0.05) is 42.1 Å². The molecule has 3 N–H and O–H groups in total. The first-order valence-corrected chi connectivity index (χ1v) is 11.3. The number of halogens is 1. The van der Waals surface area contributed by atoms with Crippen molar-refractivity contribution in [3.63, 3.8) is 0 Å². The first-order valence-electron chi connectivity index (χ1n) is 10.9. The molecule has 168 valence electrons. The Morgan fingerprint density at radius 1 is 1.31 bits per heavy atom. The molecule has 1 saturated heterocycles. The first kappa shape index (κ1) is 22.3. The Balaban J connectivity index is 1.59. The summed E-state index contributed by atoms with van der Waals surface area (Å²) in [6.07, 6.45) is 4.54. The van der Waals surface area contributed by atoms with Gasteiger partial charge in [0.15, 0.2) is 0 Å². The van der Waals surface area contributed by atoms with E-state index in [1.807, 2.05) is 44.3 Å². The minimum Gasteiger partial charge on any atom is -0.346 e. The van der Waals surface area contributed by atoms with Gasteiger partial charge >= 0.3 is 0 Å². The van der Waals surface area contributed by atoms with Crippen molar-refractivity contribution in [1.29, 1.82) is 0 Å². The Morgan fingerprint density at radius 3 is 2.78 bits per heavy atom. The molecule has 1 fully saturated rings. The minimum absolute atomic E-state index is 0.0243. The average Bonchev–Trinajstić information content (AvgIpc) is 3.22. The predicted molar refractivity (Wildman–Crippen MR) is 128 cm³/mol. The fourth-order valence-corrected chi connectivity index (χ4v) is 4.44. The van der Waals surface area contributed by atoms with Crippen LogP contribution in [0.2, 0.25) is 5.02 Å². The normalized spacial score (nSPS) is 15.6. The van der Waals surface area contributed by atoms with Crippen LogP contribution < -0.4 is 10.6 Å². The zero-order chi connectivity index (χ0) is 23.0. The van der Waals surface area contributed by atoms with Crippen LogP contribution >= 0.6 is 11.6 Å².